The highest BCUT2D eigenvalue weighted by molar-refractivity contribution is 7.98. The van der Waals surface area contributed by atoms with Crippen LogP contribution in [-0.4, -0.2) is 17.3 Å². The van der Waals surface area contributed by atoms with Gasteiger partial charge in [-0.15, -0.1) is 10.2 Å². The molecule has 0 fully saturated rings. The van der Waals surface area contributed by atoms with E-state index in [4.69, 9.17) is 13.6 Å². The molecule has 0 unspecified atom stereocenters. The number of fused-ring (bicyclic) bond motifs is 1. The Morgan fingerprint density at radius 2 is 1.90 bits per heavy atom. The van der Waals surface area contributed by atoms with Crippen molar-refractivity contribution in [3.05, 3.63) is 69.6 Å². The van der Waals surface area contributed by atoms with Gasteiger partial charge in [0.2, 0.25) is 0 Å². The summed E-state index contributed by atoms with van der Waals surface area (Å²) in [6.07, 6.45) is 0. The van der Waals surface area contributed by atoms with Crippen molar-refractivity contribution >= 4 is 22.7 Å². The van der Waals surface area contributed by atoms with E-state index in [1.54, 1.807) is 7.11 Å². The molecule has 7 heteroatoms. The summed E-state index contributed by atoms with van der Waals surface area (Å²) in [6.45, 7) is 6.34. The Bertz CT molecular complexity index is 1260. The molecule has 0 bridgehead atoms. The van der Waals surface area contributed by atoms with E-state index in [2.05, 4.69) is 30.1 Å². The molecule has 2 heterocycles. The highest BCUT2D eigenvalue weighted by atomic mass is 32.2. The maximum absolute atomic E-state index is 12.1. The van der Waals surface area contributed by atoms with Crippen LogP contribution >= 0.6 is 11.8 Å². The highest BCUT2D eigenvalue weighted by Gasteiger charge is 2.15. The Hall–Kier alpha value is -3.06. The monoisotopic (exact) mass is 422 g/mol. The van der Waals surface area contributed by atoms with Crippen molar-refractivity contribution < 1.29 is 13.6 Å². The van der Waals surface area contributed by atoms with Crippen LogP contribution in [0.5, 0.6) is 5.75 Å². The van der Waals surface area contributed by atoms with Gasteiger partial charge in [0, 0.05) is 17.2 Å². The molecule has 6 nitrogen and oxygen atoms in total. The van der Waals surface area contributed by atoms with E-state index in [1.807, 2.05) is 37.3 Å². The van der Waals surface area contributed by atoms with Crippen LogP contribution in [0.15, 0.2) is 61.3 Å². The van der Waals surface area contributed by atoms with E-state index in [0.29, 0.717) is 34.1 Å². The van der Waals surface area contributed by atoms with Crippen LogP contribution in [0.2, 0.25) is 0 Å². The Labute approximate surface area is 178 Å². The molecule has 0 saturated heterocycles. The molecule has 0 amide bonds. The number of thioether (sulfide) groups is 1. The number of hydrogen-bond donors (Lipinski definition) is 0. The molecular weight excluding hydrogens is 400 g/mol. The lowest BCUT2D eigenvalue weighted by Crippen LogP contribution is -2.02. The van der Waals surface area contributed by atoms with Crippen LogP contribution in [0.1, 0.15) is 36.5 Å². The third-order valence-corrected chi connectivity index (χ3v) is 5.80. The fourth-order valence-corrected chi connectivity index (χ4v) is 4.22. The number of hydrogen-bond acceptors (Lipinski definition) is 7. The number of para-hydroxylation sites is 1. The normalized spacial score (nSPS) is 11.4. The lowest BCUT2D eigenvalue weighted by atomic mass is 9.95. The number of aryl methyl sites for hydroxylation is 1. The molecule has 0 radical (unpaired) electrons. The summed E-state index contributed by atoms with van der Waals surface area (Å²) in [5.74, 6) is 1.95. The van der Waals surface area contributed by atoms with Gasteiger partial charge in [0.25, 0.3) is 11.1 Å². The molecule has 4 aromatic rings. The second-order valence-electron chi connectivity index (χ2n) is 7.31. The summed E-state index contributed by atoms with van der Waals surface area (Å²) >= 11 is 1.38. The Kier molecular flexibility index (Phi) is 5.63. The van der Waals surface area contributed by atoms with Gasteiger partial charge in [0.1, 0.15) is 11.3 Å². The van der Waals surface area contributed by atoms with Gasteiger partial charge in [0.05, 0.1) is 12.7 Å². The molecule has 4 rings (SSSR count). The highest BCUT2D eigenvalue weighted by Crippen LogP contribution is 2.33. The molecule has 0 N–H and O–H groups in total. The van der Waals surface area contributed by atoms with Crippen molar-refractivity contribution in [2.75, 3.05) is 7.11 Å². The molecule has 0 spiro atoms. The molecule has 0 saturated carbocycles. The van der Waals surface area contributed by atoms with E-state index in [1.165, 1.54) is 23.4 Å². The number of rotatable bonds is 6. The summed E-state index contributed by atoms with van der Waals surface area (Å²) in [5.41, 5.74) is 4.20. The molecular formula is C23H22N2O4S. The first-order valence-electron chi connectivity index (χ1n) is 9.63. The predicted molar refractivity (Wildman–Crippen MR) is 117 cm³/mol. The van der Waals surface area contributed by atoms with Crippen LogP contribution in [-0.2, 0) is 5.75 Å². The maximum atomic E-state index is 12.1. The van der Waals surface area contributed by atoms with Crippen LogP contribution in [0.3, 0.4) is 0 Å². The second-order valence-corrected chi connectivity index (χ2v) is 8.24. The first kappa shape index (κ1) is 20.2. The van der Waals surface area contributed by atoms with E-state index in [9.17, 15) is 4.79 Å². The minimum Gasteiger partial charge on any atom is -0.496 e. The number of benzene rings is 2. The molecule has 0 atom stereocenters. The topological polar surface area (TPSA) is 78.4 Å². The molecule has 0 aliphatic rings. The van der Waals surface area contributed by atoms with Crippen LogP contribution in [0.25, 0.3) is 22.4 Å². The van der Waals surface area contributed by atoms with Gasteiger partial charge in [-0.25, -0.2) is 4.79 Å². The largest absolute Gasteiger partial charge is 0.496 e. The number of aromatic nitrogens is 2. The van der Waals surface area contributed by atoms with Crippen LogP contribution < -0.4 is 10.4 Å². The Balaban J connectivity index is 1.63. The van der Waals surface area contributed by atoms with Crippen molar-refractivity contribution in [3.63, 3.8) is 0 Å². The minimum atomic E-state index is -0.366. The zero-order valence-electron chi connectivity index (χ0n) is 17.3. The number of ether oxygens (including phenoxy) is 1. The zero-order chi connectivity index (χ0) is 21.3. The quantitative estimate of drug-likeness (QED) is 0.297. The molecule has 0 aliphatic heterocycles. The number of methoxy groups -OCH3 is 1. The second kappa shape index (κ2) is 8.36. The standard InChI is InChI=1S/C23H22N2O4S/c1-13(2)17-11-18-15(10-21(26)28-20(18)9-14(17)3)12-30-23-25-24-22(29-23)16-7-5-6-8-19(16)27-4/h5-11,13H,12H2,1-4H3. The maximum Gasteiger partial charge on any atom is 0.336 e. The molecule has 154 valence electrons. The van der Waals surface area contributed by atoms with Crippen molar-refractivity contribution in [1.82, 2.24) is 10.2 Å². The molecule has 2 aromatic heterocycles. The van der Waals surface area contributed by atoms with Crippen molar-refractivity contribution in [2.24, 2.45) is 0 Å². The lowest BCUT2D eigenvalue weighted by molar-refractivity contribution is 0.411. The first-order chi connectivity index (χ1) is 14.5. The van der Waals surface area contributed by atoms with Crippen LogP contribution in [0, 0.1) is 6.92 Å². The average molecular weight is 423 g/mol. The number of nitrogens with zero attached hydrogens (tertiary/aromatic N) is 2. The van der Waals surface area contributed by atoms with Gasteiger partial charge in [0.15, 0.2) is 0 Å². The van der Waals surface area contributed by atoms with Crippen LogP contribution in [0.4, 0.5) is 0 Å². The van der Waals surface area contributed by atoms with E-state index < -0.39 is 0 Å². The summed E-state index contributed by atoms with van der Waals surface area (Å²) in [7, 11) is 1.60. The van der Waals surface area contributed by atoms with E-state index in [0.717, 1.165) is 22.1 Å². The van der Waals surface area contributed by atoms with Gasteiger partial charge in [-0.2, -0.15) is 0 Å². The van der Waals surface area contributed by atoms with Crippen molar-refractivity contribution in [1.29, 1.82) is 0 Å². The van der Waals surface area contributed by atoms with Gasteiger partial charge >= 0.3 is 5.63 Å². The van der Waals surface area contributed by atoms with Crippen molar-refractivity contribution in [3.8, 4) is 17.2 Å². The lowest BCUT2D eigenvalue weighted by Gasteiger charge is -2.12. The summed E-state index contributed by atoms with van der Waals surface area (Å²) < 4.78 is 16.6. The fourth-order valence-electron chi connectivity index (χ4n) is 3.47. The fraction of sp³-hybridized carbons (Fsp3) is 0.261. The summed E-state index contributed by atoms with van der Waals surface area (Å²) in [5, 5.41) is 9.63. The van der Waals surface area contributed by atoms with Gasteiger partial charge in [-0.05, 0) is 53.8 Å². The molecule has 0 aliphatic carbocycles. The Morgan fingerprint density at radius 1 is 1.10 bits per heavy atom. The first-order valence-corrected chi connectivity index (χ1v) is 10.6. The summed E-state index contributed by atoms with van der Waals surface area (Å²) in [6, 6.07) is 13.1. The third kappa shape index (κ3) is 3.98. The van der Waals surface area contributed by atoms with E-state index in [-0.39, 0.29) is 5.63 Å². The van der Waals surface area contributed by atoms with Gasteiger partial charge in [-0.1, -0.05) is 37.7 Å². The third-order valence-electron chi connectivity index (χ3n) is 4.93. The predicted octanol–water partition coefficient (Wildman–Crippen LogP) is 5.58. The Morgan fingerprint density at radius 3 is 2.67 bits per heavy atom. The van der Waals surface area contributed by atoms with Gasteiger partial charge < -0.3 is 13.6 Å². The average Bonchev–Trinajstić information content (AvgIpc) is 3.20. The summed E-state index contributed by atoms with van der Waals surface area (Å²) in [4.78, 5) is 12.1. The smallest absolute Gasteiger partial charge is 0.336 e. The SMILES string of the molecule is COc1ccccc1-c1nnc(SCc2cc(=O)oc3cc(C)c(C(C)C)cc23)o1. The van der Waals surface area contributed by atoms with Gasteiger partial charge in [-0.3, -0.25) is 0 Å². The van der Waals surface area contributed by atoms with E-state index >= 15 is 0 Å². The molecule has 30 heavy (non-hydrogen) atoms. The zero-order valence-corrected chi connectivity index (χ0v) is 18.1. The van der Waals surface area contributed by atoms with Crippen molar-refractivity contribution in [2.45, 2.75) is 37.7 Å². The molecule has 2 aromatic carbocycles. The minimum absolute atomic E-state index is 0.366.